The van der Waals surface area contributed by atoms with E-state index in [0.717, 1.165) is 5.56 Å². The van der Waals surface area contributed by atoms with Crippen molar-refractivity contribution < 1.29 is 18.9 Å². The van der Waals surface area contributed by atoms with Gasteiger partial charge in [0.2, 0.25) is 11.8 Å². The van der Waals surface area contributed by atoms with Crippen LogP contribution >= 0.6 is 11.9 Å². The Kier molecular flexibility index (Phi) is 9.57. The van der Waals surface area contributed by atoms with E-state index in [1.807, 2.05) is 30.5 Å². The number of methoxy groups -OCH3 is 4. The minimum absolute atomic E-state index is 0.0421. The van der Waals surface area contributed by atoms with Crippen LogP contribution in [0.15, 0.2) is 30.6 Å². The molecule has 3 aromatic heterocycles. The Morgan fingerprint density at radius 3 is 2.35 bits per heavy atom. The Balaban J connectivity index is 1.89. The minimum Gasteiger partial charge on any atom is -0.481 e. The first kappa shape index (κ1) is 25.8. The van der Waals surface area contributed by atoms with E-state index in [2.05, 4.69) is 29.9 Å². The van der Waals surface area contributed by atoms with Gasteiger partial charge in [0.25, 0.3) is 0 Å². The average molecular weight is 490 g/mol. The van der Waals surface area contributed by atoms with Crippen LogP contribution in [-0.4, -0.2) is 76.6 Å². The van der Waals surface area contributed by atoms with Crippen LogP contribution in [0.1, 0.15) is 30.5 Å². The van der Waals surface area contributed by atoms with Gasteiger partial charge in [0.1, 0.15) is 11.8 Å². The first-order valence-corrected chi connectivity index (χ1v) is 11.6. The molecule has 34 heavy (non-hydrogen) atoms. The zero-order chi connectivity index (χ0) is 24.5. The number of nitrogens with zero attached hydrogens (tertiary/aromatic N) is 6. The highest BCUT2D eigenvalue weighted by molar-refractivity contribution is 8.01. The molecule has 0 aliphatic heterocycles. The molecule has 11 nitrogen and oxygen atoms in total. The van der Waals surface area contributed by atoms with Gasteiger partial charge in [-0.15, -0.1) is 10.2 Å². The van der Waals surface area contributed by atoms with Crippen molar-refractivity contribution in [3.63, 3.8) is 0 Å². The van der Waals surface area contributed by atoms with Gasteiger partial charge in [-0.1, -0.05) is 6.07 Å². The van der Waals surface area contributed by atoms with E-state index in [0.29, 0.717) is 42.4 Å². The van der Waals surface area contributed by atoms with Gasteiger partial charge in [-0.05, 0) is 37.4 Å². The van der Waals surface area contributed by atoms with Gasteiger partial charge in [0.15, 0.2) is 11.6 Å². The second kappa shape index (κ2) is 12.6. The van der Waals surface area contributed by atoms with E-state index in [-0.39, 0.29) is 17.4 Å². The Hall–Kier alpha value is -2.80. The molecule has 12 heteroatoms. The van der Waals surface area contributed by atoms with Crippen LogP contribution in [-0.2, 0) is 14.2 Å². The molecule has 0 aliphatic carbocycles. The van der Waals surface area contributed by atoms with Crippen LogP contribution in [0.3, 0.4) is 0 Å². The first-order valence-electron chi connectivity index (χ1n) is 10.7. The van der Waals surface area contributed by atoms with Crippen molar-refractivity contribution in [2.75, 3.05) is 46.4 Å². The Morgan fingerprint density at radius 1 is 1.03 bits per heavy atom. The molecule has 0 saturated heterocycles. The number of hydrogen-bond donors (Lipinski definition) is 1. The average Bonchev–Trinajstić information content (AvgIpc) is 3.28. The molecule has 0 radical (unpaired) electrons. The summed E-state index contributed by atoms with van der Waals surface area (Å²) >= 11 is 1.44. The monoisotopic (exact) mass is 489 g/mol. The molecule has 184 valence electrons. The SMILES string of the molecule is COCC(COC)n1c(NSC(C)C(OC)c2ncc(C)cn2)nnc1-c1cccc(OC)n1. The number of nitrogens with one attached hydrogen (secondary N) is 1. The number of aryl methyl sites for hydroxylation is 1. The number of pyridine rings is 1. The summed E-state index contributed by atoms with van der Waals surface area (Å²) < 4.78 is 27.1. The Morgan fingerprint density at radius 2 is 1.74 bits per heavy atom. The minimum atomic E-state index is -0.317. The van der Waals surface area contributed by atoms with E-state index in [4.69, 9.17) is 18.9 Å². The van der Waals surface area contributed by atoms with E-state index in [1.54, 1.807) is 46.9 Å². The zero-order valence-corrected chi connectivity index (χ0v) is 21.1. The number of aromatic nitrogens is 6. The van der Waals surface area contributed by atoms with E-state index >= 15 is 0 Å². The van der Waals surface area contributed by atoms with Crippen LogP contribution in [0.25, 0.3) is 11.5 Å². The molecule has 0 aliphatic rings. The van der Waals surface area contributed by atoms with E-state index < -0.39 is 0 Å². The highest BCUT2D eigenvalue weighted by atomic mass is 32.2. The molecule has 0 amide bonds. The molecule has 2 unspecified atom stereocenters. The maximum Gasteiger partial charge on any atom is 0.235 e. The van der Waals surface area contributed by atoms with Gasteiger partial charge in [0, 0.05) is 39.8 Å². The molecule has 0 aromatic carbocycles. The number of ether oxygens (including phenoxy) is 4. The van der Waals surface area contributed by atoms with Crippen LogP contribution in [0, 0.1) is 6.92 Å². The van der Waals surface area contributed by atoms with Crippen molar-refractivity contribution in [2.45, 2.75) is 31.2 Å². The van der Waals surface area contributed by atoms with Gasteiger partial charge in [-0.25, -0.2) is 15.0 Å². The maximum absolute atomic E-state index is 5.69. The Bertz CT molecular complexity index is 1030. The van der Waals surface area contributed by atoms with Crippen molar-refractivity contribution in [3.05, 3.63) is 42.0 Å². The first-order chi connectivity index (χ1) is 16.5. The smallest absolute Gasteiger partial charge is 0.235 e. The third kappa shape index (κ3) is 6.20. The molecule has 0 saturated carbocycles. The van der Waals surface area contributed by atoms with Gasteiger partial charge in [-0.3, -0.25) is 9.29 Å². The van der Waals surface area contributed by atoms with E-state index in [9.17, 15) is 0 Å². The van der Waals surface area contributed by atoms with Crippen LogP contribution < -0.4 is 9.46 Å². The van der Waals surface area contributed by atoms with Crippen LogP contribution in [0.4, 0.5) is 5.95 Å². The van der Waals surface area contributed by atoms with Gasteiger partial charge >= 0.3 is 0 Å². The van der Waals surface area contributed by atoms with Crippen molar-refractivity contribution in [1.29, 1.82) is 0 Å². The molecule has 2 atom stereocenters. The van der Waals surface area contributed by atoms with Gasteiger partial charge in [-0.2, -0.15) is 0 Å². The molecule has 3 aromatic rings. The number of hydrogen-bond acceptors (Lipinski definition) is 11. The normalized spacial score (nSPS) is 13.1. The summed E-state index contributed by atoms with van der Waals surface area (Å²) in [5, 5.41) is 8.76. The number of rotatable bonds is 13. The summed E-state index contributed by atoms with van der Waals surface area (Å²) in [7, 11) is 6.51. The highest BCUT2D eigenvalue weighted by Crippen LogP contribution is 2.31. The number of anilines is 1. The van der Waals surface area contributed by atoms with E-state index in [1.165, 1.54) is 11.9 Å². The molecule has 3 rings (SSSR count). The summed E-state index contributed by atoms with van der Waals surface area (Å²) in [6.45, 7) is 4.77. The second-order valence-corrected chi connectivity index (χ2v) is 8.73. The highest BCUT2D eigenvalue weighted by Gasteiger charge is 2.26. The van der Waals surface area contributed by atoms with Crippen LogP contribution in [0.2, 0.25) is 0 Å². The molecule has 1 N–H and O–H groups in total. The Labute approximate surface area is 203 Å². The summed E-state index contributed by atoms with van der Waals surface area (Å²) in [5.41, 5.74) is 1.61. The van der Waals surface area contributed by atoms with Crippen LogP contribution in [0.5, 0.6) is 5.88 Å². The largest absolute Gasteiger partial charge is 0.481 e. The maximum atomic E-state index is 5.69. The molecule has 0 fully saturated rings. The fourth-order valence-electron chi connectivity index (χ4n) is 3.38. The van der Waals surface area contributed by atoms with Gasteiger partial charge < -0.3 is 18.9 Å². The lowest BCUT2D eigenvalue weighted by Crippen LogP contribution is -2.23. The molecule has 0 bridgehead atoms. The summed E-state index contributed by atoms with van der Waals surface area (Å²) in [4.78, 5) is 13.4. The fraction of sp³-hybridized carbons (Fsp3) is 0.500. The van der Waals surface area contributed by atoms with Crippen molar-refractivity contribution in [1.82, 2.24) is 29.7 Å². The molecule has 0 spiro atoms. The van der Waals surface area contributed by atoms with Gasteiger partial charge in [0.05, 0.1) is 31.6 Å². The lowest BCUT2D eigenvalue weighted by Gasteiger charge is -2.23. The lowest BCUT2D eigenvalue weighted by molar-refractivity contribution is 0.0908. The summed E-state index contributed by atoms with van der Waals surface area (Å²) in [6, 6.07) is 5.30. The summed E-state index contributed by atoms with van der Waals surface area (Å²) in [5.74, 6) is 2.21. The standard InChI is InChI=1S/C22H31N7O4S/c1-14-10-23-20(24-11-14)19(33-6)15(2)34-28-22-27-26-21(17-8-7-9-18(25-17)32-5)29(22)16(12-30-3)13-31-4/h7-11,15-16,19H,12-13H2,1-6H3,(H,27,28). The lowest BCUT2D eigenvalue weighted by atomic mass is 10.2. The molecule has 3 heterocycles. The van der Waals surface area contributed by atoms with Crippen molar-refractivity contribution >= 4 is 17.9 Å². The summed E-state index contributed by atoms with van der Waals surface area (Å²) in [6.07, 6.45) is 3.25. The third-order valence-electron chi connectivity index (χ3n) is 5.01. The predicted octanol–water partition coefficient (Wildman–Crippen LogP) is 3.12. The third-order valence-corrected chi connectivity index (χ3v) is 5.93. The molecular formula is C22H31N7O4S. The van der Waals surface area contributed by atoms with Crippen molar-refractivity contribution in [3.8, 4) is 17.4 Å². The fourth-order valence-corrected chi connectivity index (χ4v) is 4.17. The molecular weight excluding hydrogens is 458 g/mol. The quantitative estimate of drug-likeness (QED) is 0.357. The van der Waals surface area contributed by atoms with Crippen molar-refractivity contribution in [2.24, 2.45) is 0 Å². The topological polar surface area (TPSA) is 118 Å². The second-order valence-electron chi connectivity index (χ2n) is 7.55. The zero-order valence-electron chi connectivity index (χ0n) is 20.3. The predicted molar refractivity (Wildman–Crippen MR) is 130 cm³/mol.